The van der Waals surface area contributed by atoms with Crippen molar-refractivity contribution >= 4 is 41.0 Å². The van der Waals surface area contributed by atoms with Gasteiger partial charge >= 0.3 is 5.97 Å². The Balaban J connectivity index is 0.964. The molecule has 2 aliphatic heterocycles. The predicted molar refractivity (Wildman–Crippen MR) is 225 cm³/mol. The summed E-state index contributed by atoms with van der Waals surface area (Å²) in [6, 6.07) is 24.4. The minimum absolute atomic E-state index is 0.0772. The van der Waals surface area contributed by atoms with Crippen LogP contribution in [0.3, 0.4) is 0 Å². The standard InChI is InChI=1S/C47H45Cl2N3O7/c1-27-28(2)50-18-17-37(27)31-10-7-29(8-11-31)20-40(47(55)56)51-45(53)41-21-34-22-42-43(23-35(34)24-52(41)46(54)33-5-3-4-6-33)59-44(26-58-42)32-12-14-36(15-13-32)57-25-30-9-16-38(48)39(49)19-30/h7-19,22-23,33,40-41,44H,3-6,20-21,24-26H2,1-2H3,(H,51,53)(H,55,56). The molecule has 0 spiro atoms. The van der Waals surface area contributed by atoms with Gasteiger partial charge in [-0.15, -0.1) is 0 Å². The van der Waals surface area contributed by atoms with E-state index in [1.165, 1.54) is 0 Å². The number of fused-ring (bicyclic) bond motifs is 2. The number of carboxylic acids is 1. The summed E-state index contributed by atoms with van der Waals surface area (Å²) in [4.78, 5) is 46.8. The predicted octanol–water partition coefficient (Wildman–Crippen LogP) is 9.02. The first-order chi connectivity index (χ1) is 28.5. The molecule has 2 amide bonds. The van der Waals surface area contributed by atoms with E-state index in [1.807, 2.05) is 86.6 Å². The minimum Gasteiger partial charge on any atom is -0.489 e. The molecule has 0 radical (unpaired) electrons. The van der Waals surface area contributed by atoms with Gasteiger partial charge in [0.05, 0.1) is 10.0 Å². The van der Waals surface area contributed by atoms with Gasteiger partial charge in [0.2, 0.25) is 11.8 Å². The number of aliphatic carboxylic acids is 1. The molecule has 0 bridgehead atoms. The van der Waals surface area contributed by atoms with Crippen LogP contribution >= 0.6 is 23.2 Å². The van der Waals surface area contributed by atoms with Crippen molar-refractivity contribution in [2.45, 2.75) is 83.7 Å². The van der Waals surface area contributed by atoms with Gasteiger partial charge in [0, 0.05) is 37.2 Å². The zero-order chi connectivity index (χ0) is 41.2. The average Bonchev–Trinajstić information content (AvgIpc) is 3.79. The van der Waals surface area contributed by atoms with E-state index in [9.17, 15) is 19.5 Å². The molecule has 3 atom stereocenters. The molecule has 1 aromatic heterocycles. The fraction of sp³-hybridized carbons (Fsp3) is 0.319. The van der Waals surface area contributed by atoms with E-state index in [0.717, 1.165) is 75.9 Å². The van der Waals surface area contributed by atoms with E-state index in [4.69, 9.17) is 37.4 Å². The van der Waals surface area contributed by atoms with Gasteiger partial charge in [-0.2, -0.15) is 0 Å². The molecule has 3 aliphatic rings. The van der Waals surface area contributed by atoms with Crippen molar-refractivity contribution in [1.82, 2.24) is 15.2 Å². The topological polar surface area (TPSA) is 127 Å². The summed E-state index contributed by atoms with van der Waals surface area (Å²) >= 11 is 12.2. The van der Waals surface area contributed by atoms with Gasteiger partial charge in [0.1, 0.15) is 31.0 Å². The number of carboxylic acid groups (broad SMARTS) is 1. The molecule has 8 rings (SSSR count). The number of nitrogens with zero attached hydrogens (tertiary/aromatic N) is 2. The van der Waals surface area contributed by atoms with Crippen molar-refractivity contribution in [3.05, 3.63) is 140 Å². The number of rotatable bonds is 11. The maximum absolute atomic E-state index is 14.2. The number of benzene rings is 4. The molecular weight excluding hydrogens is 789 g/mol. The fourth-order valence-electron chi connectivity index (χ4n) is 8.24. The van der Waals surface area contributed by atoms with Gasteiger partial charge in [0.15, 0.2) is 17.6 Å². The Morgan fingerprint density at radius 3 is 2.36 bits per heavy atom. The maximum atomic E-state index is 14.2. The number of amides is 2. The first-order valence-corrected chi connectivity index (χ1v) is 20.7. The highest BCUT2D eigenvalue weighted by molar-refractivity contribution is 6.42. The number of ether oxygens (including phenoxy) is 3. The highest BCUT2D eigenvalue weighted by atomic mass is 35.5. The van der Waals surface area contributed by atoms with Gasteiger partial charge in [0.25, 0.3) is 0 Å². The number of nitrogens with one attached hydrogen (secondary N) is 1. The zero-order valence-electron chi connectivity index (χ0n) is 32.9. The Hall–Kier alpha value is -5.58. The Labute approximate surface area is 353 Å². The van der Waals surface area contributed by atoms with E-state index in [-0.39, 0.29) is 43.9 Å². The lowest BCUT2D eigenvalue weighted by Gasteiger charge is -2.39. The molecule has 304 valence electrons. The lowest BCUT2D eigenvalue weighted by atomic mass is 9.90. The third-order valence-corrected chi connectivity index (χ3v) is 12.5. The van der Waals surface area contributed by atoms with Gasteiger partial charge in [-0.25, -0.2) is 4.79 Å². The van der Waals surface area contributed by atoms with Crippen LogP contribution in [0.15, 0.2) is 91.1 Å². The van der Waals surface area contributed by atoms with Crippen molar-refractivity contribution in [1.29, 1.82) is 0 Å². The van der Waals surface area contributed by atoms with Gasteiger partial charge in [-0.05, 0) is 114 Å². The van der Waals surface area contributed by atoms with Crippen LogP contribution in [0.4, 0.5) is 0 Å². The van der Waals surface area contributed by atoms with Crippen LogP contribution in [0, 0.1) is 19.8 Å². The second-order valence-corrected chi connectivity index (χ2v) is 16.4. The lowest BCUT2D eigenvalue weighted by molar-refractivity contribution is -0.147. The quantitative estimate of drug-likeness (QED) is 0.135. The number of carbonyl (C=O) groups excluding carboxylic acids is 2. The van der Waals surface area contributed by atoms with Crippen LogP contribution in [0.5, 0.6) is 17.2 Å². The van der Waals surface area contributed by atoms with Crippen molar-refractivity contribution in [3.8, 4) is 28.4 Å². The van der Waals surface area contributed by atoms with Gasteiger partial charge in [-0.3, -0.25) is 14.6 Å². The Morgan fingerprint density at radius 2 is 1.63 bits per heavy atom. The summed E-state index contributed by atoms with van der Waals surface area (Å²) in [7, 11) is 0. The molecule has 1 fully saturated rings. The van der Waals surface area contributed by atoms with Crippen LogP contribution in [-0.2, 0) is 40.4 Å². The minimum atomic E-state index is -1.19. The Kier molecular flexibility index (Phi) is 11.8. The number of hydrogen-bond acceptors (Lipinski definition) is 7. The number of hydrogen-bond donors (Lipinski definition) is 2. The summed E-state index contributed by atoms with van der Waals surface area (Å²) < 4.78 is 18.7. The van der Waals surface area contributed by atoms with E-state index >= 15 is 0 Å². The summed E-state index contributed by atoms with van der Waals surface area (Å²) in [5, 5.41) is 14.0. The highest BCUT2D eigenvalue weighted by Gasteiger charge is 2.40. The largest absolute Gasteiger partial charge is 0.489 e. The van der Waals surface area contributed by atoms with E-state index in [0.29, 0.717) is 33.9 Å². The monoisotopic (exact) mass is 833 g/mol. The lowest BCUT2D eigenvalue weighted by Crippen LogP contribution is -2.56. The molecule has 12 heteroatoms. The molecule has 1 aliphatic carbocycles. The molecular formula is C47H45Cl2N3O7. The zero-order valence-corrected chi connectivity index (χ0v) is 34.4. The Morgan fingerprint density at radius 1 is 0.898 bits per heavy atom. The van der Waals surface area contributed by atoms with E-state index in [2.05, 4.69) is 10.3 Å². The van der Waals surface area contributed by atoms with E-state index in [1.54, 1.807) is 23.2 Å². The molecule has 3 heterocycles. The Bertz CT molecular complexity index is 2380. The molecule has 59 heavy (non-hydrogen) atoms. The van der Waals surface area contributed by atoms with Crippen LogP contribution in [-0.4, -0.2) is 51.5 Å². The third kappa shape index (κ3) is 8.89. The average molecular weight is 835 g/mol. The van der Waals surface area contributed by atoms with Crippen LogP contribution < -0.4 is 19.5 Å². The summed E-state index contributed by atoms with van der Waals surface area (Å²) in [5.74, 6) is -0.0898. The number of pyridine rings is 1. The first kappa shape index (κ1) is 40.2. The maximum Gasteiger partial charge on any atom is 0.326 e. The van der Waals surface area contributed by atoms with Crippen LogP contribution in [0.1, 0.15) is 70.9 Å². The van der Waals surface area contributed by atoms with Gasteiger partial charge in [-0.1, -0.05) is 78.5 Å². The number of aryl methyl sites for hydroxylation is 1. The smallest absolute Gasteiger partial charge is 0.326 e. The molecule has 4 aromatic carbocycles. The number of halogens is 2. The SMILES string of the molecule is Cc1nccc(-c2ccc(CC(NC(=O)C3Cc4cc5c(cc4CN3C(=O)C3CCCC3)OC(c3ccc(OCc4ccc(Cl)c(Cl)c4)cc3)CO5)C(=O)O)cc2)c1C. The van der Waals surface area contributed by atoms with Crippen LogP contribution in [0.2, 0.25) is 10.0 Å². The second-order valence-electron chi connectivity index (χ2n) is 15.6. The van der Waals surface area contributed by atoms with Crippen molar-refractivity contribution in [2.24, 2.45) is 5.92 Å². The van der Waals surface area contributed by atoms with E-state index < -0.39 is 24.0 Å². The van der Waals surface area contributed by atoms with Crippen molar-refractivity contribution in [3.63, 3.8) is 0 Å². The number of aromatic nitrogens is 1. The highest BCUT2D eigenvalue weighted by Crippen LogP contribution is 2.42. The summed E-state index contributed by atoms with van der Waals surface area (Å²) in [6.07, 6.45) is 5.16. The molecule has 5 aromatic rings. The molecule has 0 saturated heterocycles. The number of carbonyl (C=O) groups is 3. The first-order valence-electron chi connectivity index (χ1n) is 20.0. The third-order valence-electron chi connectivity index (χ3n) is 11.8. The van der Waals surface area contributed by atoms with Crippen molar-refractivity contribution < 1.29 is 33.7 Å². The second kappa shape index (κ2) is 17.3. The normalized spacial score (nSPS) is 17.9. The molecule has 2 N–H and O–H groups in total. The fourth-order valence-corrected chi connectivity index (χ4v) is 8.56. The van der Waals surface area contributed by atoms with Crippen molar-refractivity contribution in [2.75, 3.05) is 6.61 Å². The van der Waals surface area contributed by atoms with Crippen LogP contribution in [0.25, 0.3) is 11.1 Å². The summed E-state index contributed by atoms with van der Waals surface area (Å²) in [6.45, 7) is 4.80. The summed E-state index contributed by atoms with van der Waals surface area (Å²) in [5.41, 5.74) is 8.38. The molecule has 1 saturated carbocycles. The molecule has 3 unspecified atom stereocenters. The van der Waals surface area contributed by atoms with Gasteiger partial charge < -0.3 is 29.5 Å². The molecule has 10 nitrogen and oxygen atoms in total.